The molecule has 0 radical (unpaired) electrons. The van der Waals surface area contributed by atoms with E-state index in [1.54, 1.807) is 18.4 Å². The first-order valence-corrected chi connectivity index (χ1v) is 7.95. The molecule has 1 aliphatic heterocycles. The lowest BCUT2D eigenvalue weighted by molar-refractivity contribution is -0.917. The maximum absolute atomic E-state index is 12.2. The lowest BCUT2D eigenvalue weighted by Crippen LogP contribution is -3.13. The highest BCUT2D eigenvalue weighted by Gasteiger charge is 2.26. The van der Waals surface area contributed by atoms with E-state index in [-0.39, 0.29) is 5.91 Å². The van der Waals surface area contributed by atoms with Crippen LogP contribution in [0.2, 0.25) is 0 Å². The third kappa shape index (κ3) is 2.98. The Balaban J connectivity index is 1.33. The summed E-state index contributed by atoms with van der Waals surface area (Å²) in [6.07, 6.45) is 3.13. The van der Waals surface area contributed by atoms with Crippen molar-refractivity contribution in [3.8, 4) is 11.5 Å². The van der Waals surface area contributed by atoms with Crippen molar-refractivity contribution in [3.05, 3.63) is 54.3 Å². The van der Waals surface area contributed by atoms with E-state index < -0.39 is 0 Å². The van der Waals surface area contributed by atoms with Gasteiger partial charge >= 0.3 is 0 Å². The van der Waals surface area contributed by atoms with Crippen LogP contribution in [0, 0.1) is 0 Å². The maximum Gasteiger partial charge on any atom is 0.289 e. The second kappa shape index (κ2) is 6.37. The highest BCUT2D eigenvalue weighted by atomic mass is 16.5. The van der Waals surface area contributed by atoms with Crippen LogP contribution in [-0.4, -0.2) is 42.1 Å². The lowest BCUT2D eigenvalue weighted by Gasteiger charge is -2.31. The van der Waals surface area contributed by atoms with E-state index in [9.17, 15) is 4.79 Å². The smallest absolute Gasteiger partial charge is 0.289 e. The molecule has 0 bridgehead atoms. The molecule has 24 heavy (non-hydrogen) atoms. The molecular weight excluding hydrogens is 310 g/mol. The fourth-order valence-corrected chi connectivity index (χ4v) is 2.95. The quantitative estimate of drug-likeness (QED) is 0.775. The Labute approximate surface area is 138 Å². The summed E-state index contributed by atoms with van der Waals surface area (Å²) in [6.45, 7) is 3.92. The molecular formula is C17H18N3O4+. The van der Waals surface area contributed by atoms with Crippen molar-refractivity contribution >= 4 is 5.91 Å². The van der Waals surface area contributed by atoms with Crippen molar-refractivity contribution in [2.24, 2.45) is 0 Å². The van der Waals surface area contributed by atoms with E-state index in [0.717, 1.165) is 25.3 Å². The van der Waals surface area contributed by atoms with Gasteiger partial charge in [-0.3, -0.25) is 4.79 Å². The minimum atomic E-state index is -0.0411. The third-order valence-corrected chi connectivity index (χ3v) is 4.24. The SMILES string of the molecule is O=C(c1ccco1)N1CC[NH+](Cc2cc(-c3ccco3)on2)CC1. The highest BCUT2D eigenvalue weighted by molar-refractivity contribution is 5.91. The number of quaternary nitrogens is 1. The number of nitrogens with zero attached hydrogens (tertiary/aromatic N) is 2. The van der Waals surface area contributed by atoms with Crippen molar-refractivity contribution in [2.45, 2.75) is 6.54 Å². The molecule has 0 aromatic carbocycles. The number of furan rings is 2. The summed E-state index contributed by atoms with van der Waals surface area (Å²) in [5, 5.41) is 4.11. The molecule has 0 atom stereocenters. The van der Waals surface area contributed by atoms with Gasteiger partial charge in [0.05, 0.1) is 38.7 Å². The molecule has 3 aromatic heterocycles. The monoisotopic (exact) mass is 328 g/mol. The van der Waals surface area contributed by atoms with E-state index in [4.69, 9.17) is 13.4 Å². The topological polar surface area (TPSA) is 77.1 Å². The van der Waals surface area contributed by atoms with E-state index in [2.05, 4.69) is 5.16 Å². The van der Waals surface area contributed by atoms with Gasteiger partial charge in [0.1, 0.15) is 12.2 Å². The molecule has 7 nitrogen and oxygen atoms in total. The molecule has 0 unspecified atom stereocenters. The molecule has 1 saturated heterocycles. The summed E-state index contributed by atoms with van der Waals surface area (Å²) in [6, 6.07) is 9.00. The number of piperazine rings is 1. The van der Waals surface area contributed by atoms with Crippen LogP contribution in [0.4, 0.5) is 0 Å². The summed E-state index contributed by atoms with van der Waals surface area (Å²) in [4.78, 5) is 15.5. The van der Waals surface area contributed by atoms with Crippen molar-refractivity contribution < 1.29 is 23.1 Å². The number of hydrogen-bond donors (Lipinski definition) is 1. The van der Waals surface area contributed by atoms with Crippen LogP contribution in [0.3, 0.4) is 0 Å². The van der Waals surface area contributed by atoms with Crippen LogP contribution in [0.15, 0.2) is 56.2 Å². The Morgan fingerprint density at radius 3 is 2.62 bits per heavy atom. The number of nitrogens with one attached hydrogen (secondary N) is 1. The Bertz CT molecular complexity index is 784. The molecule has 1 N–H and O–H groups in total. The number of hydrogen-bond acceptors (Lipinski definition) is 5. The van der Waals surface area contributed by atoms with Gasteiger partial charge in [-0.1, -0.05) is 5.16 Å². The van der Waals surface area contributed by atoms with Gasteiger partial charge in [-0.15, -0.1) is 0 Å². The third-order valence-electron chi connectivity index (χ3n) is 4.24. The first-order chi connectivity index (χ1) is 11.8. The molecule has 0 saturated carbocycles. The fraction of sp³-hybridized carbons (Fsp3) is 0.294. The molecule has 7 heteroatoms. The largest absolute Gasteiger partial charge is 0.461 e. The first kappa shape index (κ1) is 14.8. The zero-order valence-corrected chi connectivity index (χ0v) is 13.1. The average Bonchev–Trinajstić information content (AvgIpc) is 3.36. The highest BCUT2D eigenvalue weighted by Crippen LogP contribution is 2.20. The van der Waals surface area contributed by atoms with Gasteiger partial charge in [0.15, 0.2) is 11.5 Å². The van der Waals surface area contributed by atoms with Crippen LogP contribution in [0.1, 0.15) is 16.2 Å². The van der Waals surface area contributed by atoms with Crippen LogP contribution < -0.4 is 4.90 Å². The molecule has 0 spiro atoms. The van der Waals surface area contributed by atoms with E-state index in [0.29, 0.717) is 30.4 Å². The zero-order chi connectivity index (χ0) is 16.4. The van der Waals surface area contributed by atoms with Gasteiger partial charge in [-0.05, 0) is 24.3 Å². The van der Waals surface area contributed by atoms with E-state index in [1.165, 1.54) is 11.2 Å². The van der Waals surface area contributed by atoms with Crippen LogP contribution in [0.25, 0.3) is 11.5 Å². The molecule has 3 aromatic rings. The molecule has 0 aliphatic carbocycles. The number of rotatable bonds is 4. The summed E-state index contributed by atoms with van der Waals surface area (Å²) in [5.41, 5.74) is 0.891. The van der Waals surface area contributed by atoms with Crippen molar-refractivity contribution in [1.82, 2.24) is 10.1 Å². The Hall–Kier alpha value is -2.80. The molecule has 4 rings (SSSR count). The Morgan fingerprint density at radius 1 is 1.12 bits per heavy atom. The number of amides is 1. The van der Waals surface area contributed by atoms with Gasteiger partial charge in [0, 0.05) is 6.07 Å². The predicted molar refractivity (Wildman–Crippen MR) is 83.2 cm³/mol. The van der Waals surface area contributed by atoms with Crippen molar-refractivity contribution in [2.75, 3.05) is 26.2 Å². The predicted octanol–water partition coefficient (Wildman–Crippen LogP) is 1.07. The molecule has 1 fully saturated rings. The van der Waals surface area contributed by atoms with Gasteiger partial charge in [-0.2, -0.15) is 0 Å². The number of aromatic nitrogens is 1. The molecule has 124 valence electrons. The average molecular weight is 328 g/mol. The Morgan fingerprint density at radius 2 is 1.92 bits per heavy atom. The van der Waals surface area contributed by atoms with Gasteiger partial charge in [0.25, 0.3) is 5.91 Å². The van der Waals surface area contributed by atoms with Crippen LogP contribution >= 0.6 is 0 Å². The summed E-state index contributed by atoms with van der Waals surface area (Å²) >= 11 is 0. The van der Waals surface area contributed by atoms with Gasteiger partial charge in [0.2, 0.25) is 5.76 Å². The summed E-state index contributed by atoms with van der Waals surface area (Å²) in [5.74, 6) is 1.68. The number of carbonyl (C=O) groups excluding carboxylic acids is 1. The fourth-order valence-electron chi connectivity index (χ4n) is 2.95. The standard InChI is InChI=1S/C17H17N3O4/c21-17(15-4-2-10-23-15)20-7-5-19(6-8-20)12-13-11-16(24-18-13)14-3-1-9-22-14/h1-4,9-11H,5-8,12H2/p+1. The van der Waals surface area contributed by atoms with Crippen LogP contribution in [-0.2, 0) is 6.54 Å². The van der Waals surface area contributed by atoms with Gasteiger partial charge < -0.3 is 23.2 Å². The second-order valence-corrected chi connectivity index (χ2v) is 5.86. The Kier molecular flexibility index (Phi) is 3.92. The normalized spacial score (nSPS) is 15.8. The van der Waals surface area contributed by atoms with Crippen molar-refractivity contribution in [3.63, 3.8) is 0 Å². The lowest BCUT2D eigenvalue weighted by atomic mass is 10.2. The molecule has 1 amide bonds. The number of carbonyl (C=O) groups is 1. The summed E-state index contributed by atoms with van der Waals surface area (Å²) < 4.78 is 15.8. The summed E-state index contributed by atoms with van der Waals surface area (Å²) in [7, 11) is 0. The zero-order valence-electron chi connectivity index (χ0n) is 13.1. The van der Waals surface area contributed by atoms with Gasteiger partial charge in [-0.25, -0.2) is 0 Å². The molecule has 1 aliphatic rings. The minimum absolute atomic E-state index is 0.0411. The second-order valence-electron chi connectivity index (χ2n) is 5.86. The van der Waals surface area contributed by atoms with Crippen molar-refractivity contribution in [1.29, 1.82) is 0 Å². The minimum Gasteiger partial charge on any atom is -0.461 e. The maximum atomic E-state index is 12.2. The first-order valence-electron chi connectivity index (χ1n) is 7.95. The molecule has 4 heterocycles. The van der Waals surface area contributed by atoms with E-state index in [1.807, 2.05) is 23.1 Å². The van der Waals surface area contributed by atoms with E-state index >= 15 is 0 Å². The van der Waals surface area contributed by atoms with Crippen LogP contribution in [0.5, 0.6) is 0 Å².